The van der Waals surface area contributed by atoms with Gasteiger partial charge < -0.3 is 11.1 Å². The lowest BCUT2D eigenvalue weighted by molar-refractivity contribution is -0.116. The standard InChI is InChI=1S/C19H16ClN5OS/c20-12-4-1-3-10(7-12)17-16-13(22-19-23-18(21)24-25(17)19)8-11(9-14(16)26)15-5-2-6-27-15/h1-7,11,17H,8-9H2,(H3,21,22,23,24)/t11-,17-/m1/s1. The average Bonchev–Trinajstić information content (AvgIpc) is 3.28. The van der Waals surface area contributed by atoms with Gasteiger partial charge >= 0.3 is 0 Å². The number of fused-ring (bicyclic) bond motifs is 1. The number of carbonyl (C=O) groups excluding carboxylic acids is 1. The molecule has 1 aliphatic carbocycles. The molecule has 6 nitrogen and oxygen atoms in total. The van der Waals surface area contributed by atoms with Crippen LogP contribution in [0.5, 0.6) is 0 Å². The van der Waals surface area contributed by atoms with E-state index in [0.29, 0.717) is 17.4 Å². The third-order valence-electron chi connectivity index (χ3n) is 5.05. The number of nitrogen functional groups attached to an aromatic ring is 1. The Balaban J connectivity index is 1.65. The van der Waals surface area contributed by atoms with Crippen LogP contribution in [0.1, 0.15) is 35.2 Å². The number of allylic oxidation sites excluding steroid dienone is 2. The smallest absolute Gasteiger partial charge is 0.241 e. The van der Waals surface area contributed by atoms with Crippen LogP contribution < -0.4 is 11.1 Å². The Morgan fingerprint density at radius 1 is 1.26 bits per heavy atom. The quantitative estimate of drug-likeness (QED) is 0.682. The van der Waals surface area contributed by atoms with Crippen molar-refractivity contribution in [1.82, 2.24) is 14.8 Å². The molecular formula is C19H16ClN5OS. The van der Waals surface area contributed by atoms with E-state index in [1.54, 1.807) is 16.0 Å². The number of carbonyl (C=O) groups is 1. The summed E-state index contributed by atoms with van der Waals surface area (Å²) in [7, 11) is 0. The Morgan fingerprint density at radius 2 is 2.15 bits per heavy atom. The van der Waals surface area contributed by atoms with E-state index in [2.05, 4.69) is 21.5 Å². The van der Waals surface area contributed by atoms with Crippen molar-refractivity contribution >= 4 is 40.6 Å². The van der Waals surface area contributed by atoms with Gasteiger partial charge in [0, 0.05) is 33.5 Å². The van der Waals surface area contributed by atoms with Crippen LogP contribution in [0.4, 0.5) is 11.9 Å². The predicted octanol–water partition coefficient (Wildman–Crippen LogP) is 3.99. The van der Waals surface area contributed by atoms with Crippen molar-refractivity contribution < 1.29 is 4.79 Å². The fourth-order valence-electron chi connectivity index (χ4n) is 3.94. The monoisotopic (exact) mass is 397 g/mol. The number of anilines is 2. The van der Waals surface area contributed by atoms with E-state index in [1.807, 2.05) is 35.7 Å². The first kappa shape index (κ1) is 16.5. The number of thiophene rings is 1. The minimum Gasteiger partial charge on any atom is -0.366 e. The van der Waals surface area contributed by atoms with Crippen molar-refractivity contribution in [3.8, 4) is 0 Å². The molecule has 1 aromatic carbocycles. The molecule has 0 radical (unpaired) electrons. The van der Waals surface area contributed by atoms with Gasteiger partial charge in [0.2, 0.25) is 11.9 Å². The maximum absolute atomic E-state index is 13.2. The molecule has 0 unspecified atom stereocenters. The van der Waals surface area contributed by atoms with Crippen LogP contribution in [0.15, 0.2) is 53.0 Å². The zero-order chi connectivity index (χ0) is 18.5. The number of hydrogen-bond donors (Lipinski definition) is 2. The van der Waals surface area contributed by atoms with Crippen LogP contribution >= 0.6 is 22.9 Å². The lowest BCUT2D eigenvalue weighted by Gasteiger charge is -2.34. The van der Waals surface area contributed by atoms with Gasteiger partial charge in [0.1, 0.15) is 6.04 Å². The van der Waals surface area contributed by atoms with Crippen LogP contribution in [0.3, 0.4) is 0 Å². The van der Waals surface area contributed by atoms with E-state index < -0.39 is 0 Å². The molecule has 2 aromatic heterocycles. The molecule has 0 bridgehead atoms. The second-order valence-corrected chi connectivity index (χ2v) is 8.17. The molecule has 3 N–H and O–H groups in total. The number of Topliss-reactive ketones (excluding diaryl/α,β-unsaturated/α-hetero) is 1. The SMILES string of the molecule is Nc1nc2n(n1)[C@H](c1cccc(Cl)c1)C1=C(C[C@@H](c3cccs3)CC1=O)N2. The van der Waals surface area contributed by atoms with Crippen LogP contribution in [-0.2, 0) is 4.79 Å². The molecule has 2 atom stereocenters. The normalized spacial score (nSPS) is 21.6. The van der Waals surface area contributed by atoms with Gasteiger partial charge in [0.15, 0.2) is 5.78 Å². The van der Waals surface area contributed by atoms with E-state index in [4.69, 9.17) is 17.3 Å². The second-order valence-electron chi connectivity index (χ2n) is 6.76. The van der Waals surface area contributed by atoms with Gasteiger partial charge in [-0.3, -0.25) is 4.79 Å². The molecule has 3 heterocycles. The van der Waals surface area contributed by atoms with Crippen LogP contribution in [0.25, 0.3) is 0 Å². The second kappa shape index (κ2) is 6.21. The van der Waals surface area contributed by atoms with Gasteiger partial charge in [-0.15, -0.1) is 16.4 Å². The lowest BCUT2D eigenvalue weighted by atomic mass is 9.80. The molecule has 0 spiro atoms. The number of aromatic nitrogens is 3. The molecule has 0 fully saturated rings. The van der Waals surface area contributed by atoms with Crippen molar-refractivity contribution in [3.63, 3.8) is 0 Å². The maximum Gasteiger partial charge on any atom is 0.241 e. The number of benzene rings is 1. The Kier molecular flexibility index (Phi) is 3.80. The van der Waals surface area contributed by atoms with Crippen molar-refractivity contribution in [1.29, 1.82) is 0 Å². The van der Waals surface area contributed by atoms with Crippen molar-refractivity contribution in [3.05, 3.63) is 68.5 Å². The average molecular weight is 398 g/mol. The number of ketones is 1. The highest BCUT2D eigenvalue weighted by molar-refractivity contribution is 7.10. The zero-order valence-electron chi connectivity index (χ0n) is 14.2. The van der Waals surface area contributed by atoms with E-state index in [9.17, 15) is 4.79 Å². The number of nitrogens with zero attached hydrogens (tertiary/aromatic N) is 3. The molecule has 1 aliphatic heterocycles. The summed E-state index contributed by atoms with van der Waals surface area (Å²) in [5.41, 5.74) is 8.36. The third-order valence-corrected chi connectivity index (χ3v) is 6.32. The van der Waals surface area contributed by atoms with Gasteiger partial charge in [-0.1, -0.05) is 29.8 Å². The number of nitrogens with two attached hydrogens (primary N) is 1. The molecule has 136 valence electrons. The highest BCUT2D eigenvalue weighted by Crippen LogP contribution is 2.45. The highest BCUT2D eigenvalue weighted by atomic mass is 35.5. The fourth-order valence-corrected chi connectivity index (χ4v) is 4.97. The maximum atomic E-state index is 13.2. The van der Waals surface area contributed by atoms with Gasteiger partial charge in [0.25, 0.3) is 0 Å². The molecule has 0 saturated heterocycles. The van der Waals surface area contributed by atoms with Crippen LogP contribution in [0, 0.1) is 0 Å². The lowest BCUT2D eigenvalue weighted by Crippen LogP contribution is -2.33. The molecular weight excluding hydrogens is 382 g/mol. The first-order chi connectivity index (χ1) is 13.1. The minimum atomic E-state index is -0.378. The number of hydrogen-bond acceptors (Lipinski definition) is 6. The molecule has 2 aliphatic rings. The van der Waals surface area contributed by atoms with E-state index in [0.717, 1.165) is 23.3 Å². The molecule has 8 heteroatoms. The number of nitrogens with one attached hydrogen (secondary N) is 1. The van der Waals surface area contributed by atoms with E-state index >= 15 is 0 Å². The Bertz CT molecular complexity index is 1070. The zero-order valence-corrected chi connectivity index (χ0v) is 15.8. The molecule has 0 amide bonds. The predicted molar refractivity (Wildman–Crippen MR) is 106 cm³/mol. The molecule has 27 heavy (non-hydrogen) atoms. The summed E-state index contributed by atoms with van der Waals surface area (Å²) >= 11 is 7.90. The summed E-state index contributed by atoms with van der Waals surface area (Å²) < 4.78 is 1.68. The van der Waals surface area contributed by atoms with E-state index in [-0.39, 0.29) is 23.7 Å². The van der Waals surface area contributed by atoms with Gasteiger partial charge in [0.05, 0.1) is 0 Å². The first-order valence-corrected chi connectivity index (χ1v) is 9.90. The van der Waals surface area contributed by atoms with Gasteiger partial charge in [-0.25, -0.2) is 4.68 Å². The minimum absolute atomic E-state index is 0.117. The Labute approximate surface area is 164 Å². The van der Waals surface area contributed by atoms with Crippen LogP contribution in [0.2, 0.25) is 5.02 Å². The highest BCUT2D eigenvalue weighted by Gasteiger charge is 2.39. The van der Waals surface area contributed by atoms with Crippen LogP contribution in [-0.4, -0.2) is 20.5 Å². The Hall–Kier alpha value is -2.64. The summed E-state index contributed by atoms with van der Waals surface area (Å²) in [4.78, 5) is 18.7. The summed E-state index contributed by atoms with van der Waals surface area (Å²) in [5, 5.41) is 10.3. The fraction of sp³-hybridized carbons (Fsp3) is 0.211. The summed E-state index contributed by atoms with van der Waals surface area (Å²) in [6.45, 7) is 0. The summed E-state index contributed by atoms with van der Waals surface area (Å²) in [6, 6.07) is 11.2. The summed E-state index contributed by atoms with van der Waals surface area (Å²) in [6.07, 6.45) is 1.24. The van der Waals surface area contributed by atoms with E-state index in [1.165, 1.54) is 4.88 Å². The largest absolute Gasteiger partial charge is 0.366 e. The number of rotatable bonds is 2. The topological polar surface area (TPSA) is 85.8 Å². The summed E-state index contributed by atoms with van der Waals surface area (Å²) in [5.74, 6) is 1.02. The van der Waals surface area contributed by atoms with Gasteiger partial charge in [-0.2, -0.15) is 4.98 Å². The number of halogens is 1. The third kappa shape index (κ3) is 2.74. The first-order valence-electron chi connectivity index (χ1n) is 8.64. The molecule has 0 saturated carbocycles. The van der Waals surface area contributed by atoms with Crippen molar-refractivity contribution in [2.24, 2.45) is 0 Å². The van der Waals surface area contributed by atoms with Crippen molar-refractivity contribution in [2.45, 2.75) is 24.8 Å². The molecule has 3 aromatic rings. The Morgan fingerprint density at radius 3 is 2.93 bits per heavy atom. The van der Waals surface area contributed by atoms with Gasteiger partial charge in [-0.05, 0) is 35.6 Å². The molecule has 5 rings (SSSR count). The van der Waals surface area contributed by atoms with Crippen molar-refractivity contribution in [2.75, 3.05) is 11.1 Å².